The van der Waals surface area contributed by atoms with Crippen LogP contribution in [-0.4, -0.2) is 5.78 Å². The molecule has 1 aromatic carbocycles. The third kappa shape index (κ3) is 17.5. The lowest BCUT2D eigenvalue weighted by molar-refractivity contribution is -0.116. The second kappa shape index (κ2) is 20.3. The largest absolute Gasteiger partial charge is 0.300 e. The van der Waals surface area contributed by atoms with Crippen LogP contribution >= 0.6 is 0 Å². The zero-order valence-corrected chi connectivity index (χ0v) is 12.7. The van der Waals surface area contributed by atoms with Crippen LogP contribution in [0.4, 0.5) is 0 Å². The predicted octanol–water partition coefficient (Wildman–Crippen LogP) is 5.29. The van der Waals surface area contributed by atoms with Gasteiger partial charge in [-0.05, 0) is 18.9 Å². The Kier molecular flexibility index (Phi) is 25.3. The number of carbonyl (C=O) groups is 1. The summed E-state index contributed by atoms with van der Waals surface area (Å²) in [6.45, 7) is 13.6. The Morgan fingerprint density at radius 2 is 1.29 bits per heavy atom. The van der Waals surface area contributed by atoms with Gasteiger partial charge in [0.1, 0.15) is 5.78 Å². The molecular formula is C16H30O. The molecule has 0 aliphatic heterocycles. The zero-order valence-electron chi connectivity index (χ0n) is 12.7. The van der Waals surface area contributed by atoms with Crippen molar-refractivity contribution in [3.8, 4) is 0 Å². The maximum absolute atomic E-state index is 10.6. The van der Waals surface area contributed by atoms with Gasteiger partial charge in [-0.2, -0.15) is 0 Å². The van der Waals surface area contributed by atoms with Crippen molar-refractivity contribution in [1.29, 1.82) is 0 Å². The molecule has 0 spiro atoms. The third-order valence-corrected chi connectivity index (χ3v) is 1.61. The van der Waals surface area contributed by atoms with Crippen molar-refractivity contribution in [2.75, 3.05) is 0 Å². The number of hydrogen-bond donors (Lipinski definition) is 0. The van der Waals surface area contributed by atoms with E-state index in [4.69, 9.17) is 0 Å². The third-order valence-electron chi connectivity index (χ3n) is 1.61. The first-order chi connectivity index (χ1) is 8.29. The number of benzene rings is 1. The number of carbonyl (C=O) groups excluding carboxylic acids is 1. The summed E-state index contributed by atoms with van der Waals surface area (Å²) in [6.07, 6.45) is 1.53. The molecule has 0 N–H and O–H groups in total. The van der Waals surface area contributed by atoms with E-state index < -0.39 is 0 Å². The van der Waals surface area contributed by atoms with Crippen LogP contribution in [-0.2, 0) is 11.2 Å². The molecule has 0 aliphatic rings. The van der Waals surface area contributed by atoms with E-state index >= 15 is 0 Å². The first-order valence-electron chi connectivity index (χ1n) is 6.82. The van der Waals surface area contributed by atoms with E-state index in [1.54, 1.807) is 6.92 Å². The molecule has 1 heteroatoms. The van der Waals surface area contributed by atoms with Crippen molar-refractivity contribution < 1.29 is 4.79 Å². The molecule has 0 aromatic heterocycles. The van der Waals surface area contributed by atoms with Gasteiger partial charge in [0.2, 0.25) is 0 Å². The van der Waals surface area contributed by atoms with Gasteiger partial charge in [-0.1, -0.05) is 71.9 Å². The Morgan fingerprint density at radius 3 is 1.65 bits per heavy atom. The summed E-state index contributed by atoms with van der Waals surface area (Å²) in [5.74, 6) is 0.258. The van der Waals surface area contributed by atoms with Crippen molar-refractivity contribution in [3.63, 3.8) is 0 Å². The van der Waals surface area contributed by atoms with Crippen LogP contribution in [0.15, 0.2) is 30.3 Å². The maximum Gasteiger partial charge on any atom is 0.130 e. The van der Waals surface area contributed by atoms with Crippen LogP contribution in [0.25, 0.3) is 0 Å². The van der Waals surface area contributed by atoms with Crippen molar-refractivity contribution in [2.45, 2.75) is 61.3 Å². The molecule has 100 valence electrons. The van der Waals surface area contributed by atoms with Gasteiger partial charge >= 0.3 is 0 Å². The molecule has 0 atom stereocenters. The van der Waals surface area contributed by atoms with E-state index in [9.17, 15) is 4.79 Å². The van der Waals surface area contributed by atoms with Gasteiger partial charge < -0.3 is 4.79 Å². The summed E-state index contributed by atoms with van der Waals surface area (Å²) in [6, 6.07) is 10.1. The summed E-state index contributed by atoms with van der Waals surface area (Å²) >= 11 is 0. The highest BCUT2D eigenvalue weighted by atomic mass is 16.1. The number of rotatable bonds is 3. The Bertz CT molecular complexity index is 227. The standard InChI is InChI=1S/C10H12O.3C2H6/c1-9(11)7-8-10-5-3-2-4-6-10;3*1-2/h2-6H,7-8H2,1H3;3*1-2H3. The highest BCUT2D eigenvalue weighted by Gasteiger charge is 1.94. The summed E-state index contributed by atoms with van der Waals surface area (Å²) in [5, 5.41) is 0. The average molecular weight is 238 g/mol. The lowest BCUT2D eigenvalue weighted by atomic mass is 10.1. The van der Waals surface area contributed by atoms with Gasteiger partial charge in [0.05, 0.1) is 0 Å². The first kappa shape index (κ1) is 21.2. The van der Waals surface area contributed by atoms with Gasteiger partial charge in [-0.3, -0.25) is 0 Å². The molecule has 0 unspecified atom stereocenters. The number of aryl methyl sites for hydroxylation is 1. The molecule has 0 heterocycles. The lowest BCUT2D eigenvalue weighted by Gasteiger charge is -1.96. The van der Waals surface area contributed by atoms with Crippen LogP contribution in [0, 0.1) is 0 Å². The molecule has 0 amide bonds. The van der Waals surface area contributed by atoms with Crippen molar-refractivity contribution >= 4 is 5.78 Å². The molecule has 0 fully saturated rings. The van der Waals surface area contributed by atoms with E-state index in [0.29, 0.717) is 6.42 Å². The summed E-state index contributed by atoms with van der Waals surface area (Å²) in [5.41, 5.74) is 1.24. The van der Waals surface area contributed by atoms with Crippen molar-refractivity contribution in [1.82, 2.24) is 0 Å². The summed E-state index contributed by atoms with van der Waals surface area (Å²) in [4.78, 5) is 10.6. The topological polar surface area (TPSA) is 17.1 Å². The minimum atomic E-state index is 0.258. The lowest BCUT2D eigenvalue weighted by Crippen LogP contribution is -1.92. The number of hydrogen-bond acceptors (Lipinski definition) is 1. The monoisotopic (exact) mass is 238 g/mol. The van der Waals surface area contributed by atoms with Gasteiger partial charge in [0, 0.05) is 6.42 Å². The van der Waals surface area contributed by atoms with Crippen LogP contribution in [0.1, 0.15) is 60.5 Å². The highest BCUT2D eigenvalue weighted by Crippen LogP contribution is 2.01. The molecule has 1 aromatic rings. The first-order valence-corrected chi connectivity index (χ1v) is 6.82. The predicted molar refractivity (Wildman–Crippen MR) is 79.5 cm³/mol. The summed E-state index contributed by atoms with van der Waals surface area (Å²) < 4.78 is 0. The van der Waals surface area contributed by atoms with Gasteiger partial charge in [0.15, 0.2) is 0 Å². The van der Waals surface area contributed by atoms with Crippen LogP contribution in [0.2, 0.25) is 0 Å². The molecule has 0 saturated heterocycles. The van der Waals surface area contributed by atoms with Crippen LogP contribution in [0.5, 0.6) is 0 Å². The highest BCUT2D eigenvalue weighted by molar-refractivity contribution is 5.75. The molecule has 0 aliphatic carbocycles. The van der Waals surface area contributed by atoms with E-state index in [-0.39, 0.29) is 5.78 Å². The van der Waals surface area contributed by atoms with E-state index in [0.717, 1.165) is 6.42 Å². The molecule has 1 rings (SSSR count). The minimum absolute atomic E-state index is 0.258. The van der Waals surface area contributed by atoms with Gasteiger partial charge in [0.25, 0.3) is 0 Å². The Balaban J connectivity index is -0.000000285. The molecule has 17 heavy (non-hydrogen) atoms. The Labute approximate surface area is 108 Å². The molecule has 1 nitrogen and oxygen atoms in total. The number of ketones is 1. The van der Waals surface area contributed by atoms with Gasteiger partial charge in [-0.15, -0.1) is 0 Å². The van der Waals surface area contributed by atoms with Crippen molar-refractivity contribution in [3.05, 3.63) is 35.9 Å². The SMILES string of the molecule is CC.CC.CC.CC(=O)CCc1ccccc1. The van der Waals surface area contributed by atoms with E-state index in [1.165, 1.54) is 5.56 Å². The molecular weight excluding hydrogens is 208 g/mol. The molecule has 0 saturated carbocycles. The fourth-order valence-electron chi connectivity index (χ4n) is 0.965. The van der Waals surface area contributed by atoms with Crippen LogP contribution in [0.3, 0.4) is 0 Å². The molecule has 0 radical (unpaired) electrons. The Hall–Kier alpha value is -1.11. The van der Waals surface area contributed by atoms with Crippen LogP contribution < -0.4 is 0 Å². The summed E-state index contributed by atoms with van der Waals surface area (Å²) in [7, 11) is 0. The zero-order chi connectivity index (χ0) is 14.1. The van der Waals surface area contributed by atoms with Gasteiger partial charge in [-0.25, -0.2) is 0 Å². The fraction of sp³-hybridized carbons (Fsp3) is 0.562. The minimum Gasteiger partial charge on any atom is -0.300 e. The second-order valence-electron chi connectivity index (χ2n) is 2.69. The average Bonchev–Trinajstić information content (AvgIpc) is 2.44. The maximum atomic E-state index is 10.6. The van der Waals surface area contributed by atoms with E-state index in [1.807, 2.05) is 71.9 Å². The quantitative estimate of drug-likeness (QED) is 0.699. The van der Waals surface area contributed by atoms with E-state index in [2.05, 4.69) is 0 Å². The van der Waals surface area contributed by atoms with Crippen molar-refractivity contribution in [2.24, 2.45) is 0 Å². The smallest absolute Gasteiger partial charge is 0.130 e. The second-order valence-corrected chi connectivity index (χ2v) is 2.69. The normalized spacial score (nSPS) is 7.24. The molecule has 0 bridgehead atoms. The Morgan fingerprint density at radius 1 is 0.882 bits per heavy atom. The number of Topliss-reactive ketones (excluding diaryl/α,β-unsaturated/α-hetero) is 1. The fourth-order valence-corrected chi connectivity index (χ4v) is 0.965.